The lowest BCUT2D eigenvalue weighted by atomic mass is 10.1. The van der Waals surface area contributed by atoms with E-state index in [0.717, 1.165) is 11.1 Å². The van der Waals surface area contributed by atoms with Gasteiger partial charge in [-0.1, -0.05) is 60.7 Å². The normalized spacial score (nSPS) is 11.3. The molecule has 2 heteroatoms. The van der Waals surface area contributed by atoms with Crippen molar-refractivity contribution in [2.75, 3.05) is 6.61 Å². The molecule has 2 aromatic rings. The van der Waals surface area contributed by atoms with Gasteiger partial charge in [-0.2, -0.15) is 0 Å². The third-order valence-corrected chi connectivity index (χ3v) is 2.88. The van der Waals surface area contributed by atoms with E-state index in [1.165, 1.54) is 0 Å². The first-order valence-corrected chi connectivity index (χ1v) is 6.64. The second kappa shape index (κ2) is 7.41. The summed E-state index contributed by atoms with van der Waals surface area (Å²) < 4.78 is 5.60. The summed E-state index contributed by atoms with van der Waals surface area (Å²) in [6.07, 6.45) is 1.64. The fraction of sp³-hybridized carbons (Fsp3) is 0.167. The van der Waals surface area contributed by atoms with Crippen molar-refractivity contribution < 1.29 is 9.53 Å². The van der Waals surface area contributed by atoms with Gasteiger partial charge in [0.2, 0.25) is 0 Å². The van der Waals surface area contributed by atoms with Crippen molar-refractivity contribution in [1.82, 2.24) is 0 Å². The predicted octanol–water partition coefficient (Wildman–Crippen LogP) is 4.03. The summed E-state index contributed by atoms with van der Waals surface area (Å²) in [6, 6.07) is 19.3. The molecule has 0 unspecified atom stereocenters. The van der Waals surface area contributed by atoms with Crippen LogP contribution in [-0.4, -0.2) is 12.4 Å². The number of ketones is 1. The molecule has 0 aliphatic rings. The Kier molecular flexibility index (Phi) is 5.27. The van der Waals surface area contributed by atoms with Crippen LogP contribution in [0.25, 0.3) is 0 Å². The molecule has 0 saturated carbocycles. The lowest BCUT2D eigenvalue weighted by molar-refractivity contribution is 0.104. The zero-order valence-corrected chi connectivity index (χ0v) is 11.6. The summed E-state index contributed by atoms with van der Waals surface area (Å²) >= 11 is 0. The molecule has 2 rings (SSSR count). The van der Waals surface area contributed by atoms with Crippen LogP contribution in [-0.2, 0) is 11.3 Å². The van der Waals surface area contributed by atoms with Crippen molar-refractivity contribution in [3.63, 3.8) is 0 Å². The minimum atomic E-state index is 0.0198. The van der Waals surface area contributed by atoms with E-state index in [4.69, 9.17) is 4.74 Å². The highest BCUT2D eigenvalue weighted by Crippen LogP contribution is 2.06. The van der Waals surface area contributed by atoms with E-state index in [0.29, 0.717) is 18.8 Å². The standard InChI is InChI=1S/C18H18O2/c1-15(12-18(19)17-10-6-3-7-11-17)13-20-14-16-8-4-2-5-9-16/h2-12H,13-14H2,1H3/b15-12+. The van der Waals surface area contributed by atoms with Crippen LogP contribution in [0.4, 0.5) is 0 Å². The first-order valence-electron chi connectivity index (χ1n) is 6.64. The highest BCUT2D eigenvalue weighted by molar-refractivity contribution is 6.04. The van der Waals surface area contributed by atoms with Gasteiger partial charge < -0.3 is 4.74 Å². The SMILES string of the molecule is C/C(=C\C(=O)c1ccccc1)COCc1ccccc1. The van der Waals surface area contributed by atoms with E-state index in [9.17, 15) is 4.79 Å². The third kappa shape index (κ3) is 4.48. The molecule has 0 bridgehead atoms. The van der Waals surface area contributed by atoms with Crippen molar-refractivity contribution >= 4 is 5.78 Å². The van der Waals surface area contributed by atoms with Crippen molar-refractivity contribution in [2.24, 2.45) is 0 Å². The van der Waals surface area contributed by atoms with Gasteiger partial charge in [-0.25, -0.2) is 0 Å². The number of hydrogen-bond donors (Lipinski definition) is 0. The number of carbonyl (C=O) groups is 1. The lowest BCUT2D eigenvalue weighted by Crippen LogP contribution is -2.00. The Hall–Kier alpha value is -2.19. The van der Waals surface area contributed by atoms with Crippen LogP contribution < -0.4 is 0 Å². The van der Waals surface area contributed by atoms with Crippen LogP contribution in [0.3, 0.4) is 0 Å². The minimum absolute atomic E-state index is 0.0198. The number of rotatable bonds is 6. The van der Waals surface area contributed by atoms with Crippen LogP contribution in [0, 0.1) is 0 Å². The Bertz CT molecular complexity index is 571. The molecular weight excluding hydrogens is 248 g/mol. The second-order valence-corrected chi connectivity index (χ2v) is 4.70. The topological polar surface area (TPSA) is 26.3 Å². The Morgan fingerprint density at radius 2 is 1.60 bits per heavy atom. The zero-order valence-electron chi connectivity index (χ0n) is 11.6. The molecule has 0 N–H and O–H groups in total. The Balaban J connectivity index is 1.84. The molecule has 0 atom stereocenters. The number of allylic oxidation sites excluding steroid dienone is 1. The van der Waals surface area contributed by atoms with Crippen LogP contribution >= 0.6 is 0 Å². The van der Waals surface area contributed by atoms with Crippen LogP contribution in [0.5, 0.6) is 0 Å². The fourth-order valence-electron chi connectivity index (χ4n) is 1.86. The smallest absolute Gasteiger partial charge is 0.185 e. The van der Waals surface area contributed by atoms with E-state index in [1.807, 2.05) is 67.6 Å². The number of benzene rings is 2. The molecule has 0 amide bonds. The summed E-state index contributed by atoms with van der Waals surface area (Å²) in [5, 5.41) is 0. The molecule has 0 spiro atoms. The Labute approximate surface area is 119 Å². The molecule has 2 aromatic carbocycles. The third-order valence-electron chi connectivity index (χ3n) is 2.88. The number of carbonyl (C=O) groups excluding carboxylic acids is 1. The van der Waals surface area contributed by atoms with Gasteiger partial charge in [0.25, 0.3) is 0 Å². The molecule has 2 nitrogen and oxygen atoms in total. The number of hydrogen-bond acceptors (Lipinski definition) is 2. The van der Waals surface area contributed by atoms with Gasteiger partial charge in [-0.15, -0.1) is 0 Å². The first-order chi connectivity index (χ1) is 9.75. The van der Waals surface area contributed by atoms with Crippen molar-refractivity contribution in [1.29, 1.82) is 0 Å². The summed E-state index contributed by atoms with van der Waals surface area (Å²) in [4.78, 5) is 12.0. The highest BCUT2D eigenvalue weighted by Gasteiger charge is 2.02. The monoisotopic (exact) mass is 266 g/mol. The van der Waals surface area contributed by atoms with Crippen LogP contribution in [0.1, 0.15) is 22.8 Å². The first kappa shape index (κ1) is 14.2. The molecule has 0 radical (unpaired) electrons. The Morgan fingerprint density at radius 1 is 1.00 bits per heavy atom. The molecular formula is C18H18O2. The summed E-state index contributed by atoms with van der Waals surface area (Å²) in [7, 11) is 0. The van der Waals surface area contributed by atoms with Crippen molar-refractivity contribution in [3.8, 4) is 0 Å². The maximum absolute atomic E-state index is 12.0. The molecule has 0 heterocycles. The van der Waals surface area contributed by atoms with E-state index in [1.54, 1.807) is 6.08 Å². The molecule has 20 heavy (non-hydrogen) atoms. The van der Waals surface area contributed by atoms with E-state index in [-0.39, 0.29) is 5.78 Å². The molecule has 0 aliphatic heterocycles. The minimum Gasteiger partial charge on any atom is -0.372 e. The van der Waals surface area contributed by atoms with E-state index in [2.05, 4.69) is 0 Å². The largest absolute Gasteiger partial charge is 0.372 e. The zero-order chi connectivity index (χ0) is 14.2. The van der Waals surface area contributed by atoms with Gasteiger partial charge in [-0.05, 0) is 24.1 Å². The average Bonchev–Trinajstić information content (AvgIpc) is 2.49. The van der Waals surface area contributed by atoms with Gasteiger partial charge in [-0.3, -0.25) is 4.79 Å². The van der Waals surface area contributed by atoms with Gasteiger partial charge >= 0.3 is 0 Å². The van der Waals surface area contributed by atoms with Crippen molar-refractivity contribution in [2.45, 2.75) is 13.5 Å². The lowest BCUT2D eigenvalue weighted by Gasteiger charge is -2.04. The molecule has 0 aromatic heterocycles. The molecule has 0 aliphatic carbocycles. The summed E-state index contributed by atoms with van der Waals surface area (Å²) in [5.74, 6) is 0.0198. The molecule has 102 valence electrons. The predicted molar refractivity (Wildman–Crippen MR) is 80.6 cm³/mol. The maximum Gasteiger partial charge on any atom is 0.185 e. The number of ether oxygens (including phenoxy) is 1. The fourth-order valence-corrected chi connectivity index (χ4v) is 1.86. The van der Waals surface area contributed by atoms with E-state index < -0.39 is 0 Å². The highest BCUT2D eigenvalue weighted by atomic mass is 16.5. The molecule has 0 saturated heterocycles. The molecule has 0 fully saturated rings. The maximum atomic E-state index is 12.0. The Morgan fingerprint density at radius 3 is 2.25 bits per heavy atom. The van der Waals surface area contributed by atoms with Gasteiger partial charge in [0.15, 0.2) is 5.78 Å². The van der Waals surface area contributed by atoms with Crippen LogP contribution in [0.15, 0.2) is 72.3 Å². The second-order valence-electron chi connectivity index (χ2n) is 4.70. The van der Waals surface area contributed by atoms with Gasteiger partial charge in [0, 0.05) is 5.56 Å². The van der Waals surface area contributed by atoms with E-state index >= 15 is 0 Å². The quantitative estimate of drug-likeness (QED) is 0.583. The van der Waals surface area contributed by atoms with Crippen molar-refractivity contribution in [3.05, 3.63) is 83.4 Å². The van der Waals surface area contributed by atoms with Crippen LogP contribution in [0.2, 0.25) is 0 Å². The van der Waals surface area contributed by atoms with Gasteiger partial charge in [0.05, 0.1) is 13.2 Å². The summed E-state index contributed by atoms with van der Waals surface area (Å²) in [5.41, 5.74) is 2.76. The average molecular weight is 266 g/mol. The van der Waals surface area contributed by atoms with Gasteiger partial charge in [0.1, 0.15) is 0 Å². The summed E-state index contributed by atoms with van der Waals surface area (Å²) in [6.45, 7) is 2.94.